The molecule has 0 bridgehead atoms. The van der Waals surface area contributed by atoms with Gasteiger partial charge in [-0.2, -0.15) is 0 Å². The predicted molar refractivity (Wildman–Crippen MR) is 127 cm³/mol. The van der Waals surface area contributed by atoms with Crippen LogP contribution in [0.25, 0.3) is 0 Å². The number of rotatable bonds is 8. The second kappa shape index (κ2) is 9.29. The van der Waals surface area contributed by atoms with Gasteiger partial charge in [0.05, 0.1) is 5.71 Å². The summed E-state index contributed by atoms with van der Waals surface area (Å²) in [6, 6.07) is 10.4. The number of hydrogen-bond acceptors (Lipinski definition) is 4. The molecule has 0 aliphatic carbocycles. The van der Waals surface area contributed by atoms with Gasteiger partial charge in [0, 0.05) is 27.9 Å². The van der Waals surface area contributed by atoms with E-state index in [0.717, 1.165) is 11.8 Å². The highest BCUT2D eigenvalue weighted by Gasteiger charge is 2.45. The van der Waals surface area contributed by atoms with Crippen LogP contribution in [0.2, 0.25) is 10.0 Å². The van der Waals surface area contributed by atoms with Crippen molar-refractivity contribution in [3.63, 3.8) is 0 Å². The van der Waals surface area contributed by atoms with Gasteiger partial charge in [-0.3, -0.25) is 4.99 Å². The molecule has 0 radical (unpaired) electrons. The summed E-state index contributed by atoms with van der Waals surface area (Å²) >= 11 is 12.7. The Morgan fingerprint density at radius 2 is 1.90 bits per heavy atom. The molecule has 2 atom stereocenters. The van der Waals surface area contributed by atoms with Crippen LogP contribution in [0.1, 0.15) is 42.9 Å². The average Bonchev–Trinajstić information content (AvgIpc) is 3.06. The van der Waals surface area contributed by atoms with Crippen molar-refractivity contribution >= 4 is 35.2 Å². The summed E-state index contributed by atoms with van der Waals surface area (Å²) in [5.41, 5.74) is 1.58. The van der Waals surface area contributed by atoms with E-state index in [4.69, 9.17) is 28.2 Å². The summed E-state index contributed by atoms with van der Waals surface area (Å²) < 4.78 is 0. The monoisotopic (exact) mass is 457 g/mol. The number of phenols is 1. The molecule has 1 aliphatic heterocycles. The third kappa shape index (κ3) is 4.41. The molecule has 0 amide bonds. The molecule has 4 nitrogen and oxygen atoms in total. The lowest BCUT2D eigenvalue weighted by molar-refractivity contribution is -0.108. The molecule has 0 spiro atoms. The van der Waals surface area contributed by atoms with Crippen LogP contribution in [0.5, 0.6) is 5.75 Å². The number of aliphatic imine (C=N–C) groups is 1. The van der Waals surface area contributed by atoms with E-state index in [1.54, 1.807) is 42.5 Å². The number of halogens is 2. The molecule has 2 unspecified atom stereocenters. The summed E-state index contributed by atoms with van der Waals surface area (Å²) in [6.07, 6.45) is 4.82. The predicted octanol–water partition coefficient (Wildman–Crippen LogP) is 6.55. The van der Waals surface area contributed by atoms with Crippen LogP contribution in [-0.4, -0.2) is 22.2 Å². The van der Waals surface area contributed by atoms with E-state index in [-0.39, 0.29) is 23.8 Å². The molecule has 31 heavy (non-hydrogen) atoms. The van der Waals surface area contributed by atoms with Crippen molar-refractivity contribution in [2.45, 2.75) is 38.1 Å². The molecule has 2 aromatic rings. The highest BCUT2D eigenvalue weighted by atomic mass is 35.5. The minimum atomic E-state index is -1.10. The molecule has 1 aliphatic rings. The largest absolute Gasteiger partial charge is 0.508 e. The smallest absolute Gasteiger partial charge is 0.135 e. The van der Waals surface area contributed by atoms with Gasteiger partial charge in [-0.1, -0.05) is 61.3 Å². The Morgan fingerprint density at radius 1 is 1.16 bits per heavy atom. The van der Waals surface area contributed by atoms with E-state index < -0.39 is 11.5 Å². The van der Waals surface area contributed by atoms with E-state index in [1.165, 1.54) is 0 Å². The van der Waals surface area contributed by atoms with Crippen molar-refractivity contribution < 1.29 is 15.0 Å². The van der Waals surface area contributed by atoms with E-state index in [2.05, 4.69) is 6.58 Å². The first kappa shape index (κ1) is 23.1. The number of carbonyl (C=O) groups is 1. The van der Waals surface area contributed by atoms with Gasteiger partial charge >= 0.3 is 0 Å². The van der Waals surface area contributed by atoms with Crippen LogP contribution in [0.15, 0.2) is 65.9 Å². The second-order valence-corrected chi connectivity index (χ2v) is 8.81. The Labute approximate surface area is 192 Å². The van der Waals surface area contributed by atoms with Crippen LogP contribution in [0, 0.1) is 5.92 Å². The van der Waals surface area contributed by atoms with Crippen molar-refractivity contribution in [1.82, 2.24) is 0 Å². The quantitative estimate of drug-likeness (QED) is 0.348. The summed E-state index contributed by atoms with van der Waals surface area (Å²) in [5, 5.41) is 21.9. The standard InChI is InChI=1S/C25H25Cl2NO3/c1-4-5-17-12-16(6-9-22(17)30)19(10-11-29)25(14-23(31)24(28-25)15(2)3)20-8-7-18(26)13-21(20)27/h4,6-9,11-15,19,30-31H,1,5,10H2,2-3H3. The number of aldehydes is 1. The molecule has 2 aromatic carbocycles. The van der Waals surface area contributed by atoms with Crippen LogP contribution in [0.4, 0.5) is 0 Å². The first-order valence-electron chi connectivity index (χ1n) is 10.1. The fourth-order valence-corrected chi connectivity index (χ4v) is 4.68. The lowest BCUT2D eigenvalue weighted by atomic mass is 9.73. The van der Waals surface area contributed by atoms with Gasteiger partial charge in [-0.15, -0.1) is 6.58 Å². The second-order valence-electron chi connectivity index (χ2n) is 7.97. The van der Waals surface area contributed by atoms with Crippen molar-refractivity contribution in [3.05, 3.63) is 87.6 Å². The van der Waals surface area contributed by atoms with Gasteiger partial charge in [0.2, 0.25) is 0 Å². The summed E-state index contributed by atoms with van der Waals surface area (Å²) in [4.78, 5) is 16.7. The fraction of sp³-hybridized carbons (Fsp3) is 0.280. The van der Waals surface area contributed by atoms with Gasteiger partial charge in [0.15, 0.2) is 0 Å². The zero-order valence-electron chi connectivity index (χ0n) is 17.5. The average molecular weight is 458 g/mol. The minimum absolute atomic E-state index is 0.0303. The van der Waals surface area contributed by atoms with Crippen molar-refractivity contribution in [1.29, 1.82) is 0 Å². The normalized spacial score (nSPS) is 19.1. The molecule has 6 heteroatoms. The van der Waals surface area contributed by atoms with Crippen LogP contribution < -0.4 is 0 Å². The molecule has 0 saturated heterocycles. The molecule has 3 rings (SSSR count). The highest BCUT2D eigenvalue weighted by Crippen LogP contribution is 2.50. The molecular formula is C25H25Cl2NO3. The summed E-state index contributed by atoms with van der Waals surface area (Å²) in [6.45, 7) is 7.63. The zero-order valence-corrected chi connectivity index (χ0v) is 19.0. The molecule has 162 valence electrons. The number of hydrogen-bond donors (Lipinski definition) is 2. The molecule has 0 aromatic heterocycles. The lowest BCUT2D eigenvalue weighted by Gasteiger charge is -2.34. The van der Waals surface area contributed by atoms with Crippen molar-refractivity contribution in [3.8, 4) is 5.75 Å². The molecule has 0 fully saturated rings. The number of allylic oxidation sites excluding steroid dienone is 2. The number of aliphatic hydroxyl groups is 1. The number of phenolic OH excluding ortho intramolecular Hbond substituents is 1. The van der Waals surface area contributed by atoms with Crippen LogP contribution >= 0.6 is 23.2 Å². The third-order valence-electron chi connectivity index (χ3n) is 5.57. The topological polar surface area (TPSA) is 69.9 Å². The molecule has 2 N–H and O–H groups in total. The molecule has 0 saturated carbocycles. The zero-order chi connectivity index (χ0) is 22.8. The van der Waals surface area contributed by atoms with Gasteiger partial charge in [0.1, 0.15) is 23.3 Å². The number of aromatic hydroxyl groups is 1. The van der Waals surface area contributed by atoms with E-state index >= 15 is 0 Å². The van der Waals surface area contributed by atoms with E-state index in [9.17, 15) is 15.0 Å². The Balaban J connectivity index is 2.31. The van der Waals surface area contributed by atoms with E-state index in [1.807, 2.05) is 19.9 Å². The van der Waals surface area contributed by atoms with Crippen LogP contribution in [0.3, 0.4) is 0 Å². The third-order valence-corrected chi connectivity index (χ3v) is 6.12. The molecular weight excluding hydrogens is 433 g/mol. The Morgan fingerprint density at radius 3 is 2.48 bits per heavy atom. The fourth-order valence-electron chi connectivity index (χ4n) is 4.12. The highest BCUT2D eigenvalue weighted by molar-refractivity contribution is 6.35. The first-order valence-corrected chi connectivity index (χ1v) is 10.8. The maximum absolute atomic E-state index is 11.8. The lowest BCUT2D eigenvalue weighted by Crippen LogP contribution is -2.30. The Hall–Kier alpha value is -2.56. The van der Waals surface area contributed by atoms with Gasteiger partial charge in [-0.25, -0.2) is 0 Å². The number of nitrogens with zero attached hydrogens (tertiary/aromatic N) is 1. The summed E-state index contributed by atoms with van der Waals surface area (Å²) in [5.74, 6) is -0.270. The number of aliphatic hydroxyl groups excluding tert-OH is 1. The van der Waals surface area contributed by atoms with Crippen molar-refractivity contribution in [2.24, 2.45) is 10.9 Å². The van der Waals surface area contributed by atoms with Crippen molar-refractivity contribution in [2.75, 3.05) is 0 Å². The number of benzene rings is 2. The number of carbonyl (C=O) groups excluding carboxylic acids is 1. The maximum Gasteiger partial charge on any atom is 0.135 e. The maximum atomic E-state index is 11.8. The van der Waals surface area contributed by atoms with Gasteiger partial charge in [-0.05, 0) is 47.7 Å². The van der Waals surface area contributed by atoms with Crippen LogP contribution in [-0.2, 0) is 16.8 Å². The molecule has 1 heterocycles. The summed E-state index contributed by atoms with van der Waals surface area (Å²) in [7, 11) is 0. The van der Waals surface area contributed by atoms with Gasteiger partial charge < -0.3 is 15.0 Å². The minimum Gasteiger partial charge on any atom is -0.508 e. The SMILES string of the molecule is C=CCc1cc(C(CC=O)C2(c3ccc(Cl)cc3Cl)C=C(O)C(C(C)C)=N2)ccc1O. The van der Waals surface area contributed by atoms with E-state index in [0.29, 0.717) is 33.3 Å². The Bertz CT molecular complexity index is 1070. The van der Waals surface area contributed by atoms with Gasteiger partial charge in [0.25, 0.3) is 0 Å². The Kier molecular flexibility index (Phi) is 6.93. The first-order chi connectivity index (χ1) is 14.7.